The molecule has 0 saturated carbocycles. The van der Waals surface area contributed by atoms with Crippen molar-refractivity contribution in [2.24, 2.45) is 0 Å². The fourth-order valence-electron chi connectivity index (χ4n) is 2.61. The molecule has 1 amide bonds. The lowest BCUT2D eigenvalue weighted by Crippen LogP contribution is -2.38. The molecule has 0 unspecified atom stereocenters. The molecular formula is C15H18FN5O. The minimum atomic E-state index is -0.289. The van der Waals surface area contributed by atoms with Crippen molar-refractivity contribution < 1.29 is 9.18 Å². The Hall–Kier alpha value is -2.28. The molecule has 0 bridgehead atoms. The Morgan fingerprint density at radius 2 is 2.41 bits per heavy atom. The highest BCUT2D eigenvalue weighted by Gasteiger charge is 2.25. The van der Waals surface area contributed by atoms with Crippen molar-refractivity contribution in [2.45, 2.75) is 19.0 Å². The molecule has 7 heteroatoms. The summed E-state index contributed by atoms with van der Waals surface area (Å²) in [5, 5.41) is 11.1. The largest absolute Gasteiger partial charge is 0.336 e. The molecule has 0 spiro atoms. The van der Waals surface area contributed by atoms with Gasteiger partial charge in [-0.3, -0.25) is 4.79 Å². The third-order valence-corrected chi connectivity index (χ3v) is 3.89. The first-order valence-electron chi connectivity index (χ1n) is 7.26. The summed E-state index contributed by atoms with van der Waals surface area (Å²) in [4.78, 5) is 14.1. The summed E-state index contributed by atoms with van der Waals surface area (Å²) in [7, 11) is 1.78. The minimum Gasteiger partial charge on any atom is -0.336 e. The molecule has 116 valence electrons. The van der Waals surface area contributed by atoms with Gasteiger partial charge in [-0.05, 0) is 30.7 Å². The third kappa shape index (κ3) is 3.14. The zero-order chi connectivity index (χ0) is 15.5. The first-order chi connectivity index (χ1) is 10.6. The van der Waals surface area contributed by atoms with Crippen molar-refractivity contribution in [3.63, 3.8) is 0 Å². The number of carbonyl (C=O) groups excluding carboxylic acids is 1. The van der Waals surface area contributed by atoms with Crippen LogP contribution in [0.25, 0.3) is 0 Å². The maximum absolute atomic E-state index is 13.2. The molecule has 1 fully saturated rings. The zero-order valence-corrected chi connectivity index (χ0v) is 12.4. The van der Waals surface area contributed by atoms with Crippen LogP contribution in [0.4, 0.5) is 4.39 Å². The van der Waals surface area contributed by atoms with Crippen LogP contribution in [-0.2, 0) is 6.54 Å². The molecule has 1 aromatic carbocycles. The number of benzene rings is 1. The van der Waals surface area contributed by atoms with E-state index in [0.717, 1.165) is 25.1 Å². The molecule has 6 nitrogen and oxygen atoms in total. The highest BCUT2D eigenvalue weighted by atomic mass is 19.1. The van der Waals surface area contributed by atoms with E-state index in [-0.39, 0.29) is 17.8 Å². The Morgan fingerprint density at radius 1 is 1.55 bits per heavy atom. The Bertz CT molecular complexity index is 665. The summed E-state index contributed by atoms with van der Waals surface area (Å²) in [6.07, 6.45) is 2.55. The fraction of sp³-hybridized carbons (Fsp3) is 0.400. The van der Waals surface area contributed by atoms with Gasteiger partial charge in [0.15, 0.2) is 5.69 Å². The smallest absolute Gasteiger partial charge is 0.276 e. The number of aromatic nitrogens is 3. The quantitative estimate of drug-likeness (QED) is 0.911. The van der Waals surface area contributed by atoms with Crippen LogP contribution in [0.5, 0.6) is 0 Å². The monoisotopic (exact) mass is 303 g/mol. The van der Waals surface area contributed by atoms with E-state index >= 15 is 0 Å². The molecule has 0 radical (unpaired) electrons. The summed E-state index contributed by atoms with van der Waals surface area (Å²) < 4.78 is 14.7. The maximum atomic E-state index is 13.2. The molecule has 2 heterocycles. The van der Waals surface area contributed by atoms with E-state index in [4.69, 9.17) is 0 Å². The van der Waals surface area contributed by atoms with E-state index in [0.29, 0.717) is 12.2 Å². The van der Waals surface area contributed by atoms with Gasteiger partial charge in [0.25, 0.3) is 5.91 Å². The number of hydrogen-bond donors (Lipinski definition) is 1. The van der Waals surface area contributed by atoms with Crippen LogP contribution in [0, 0.1) is 5.82 Å². The van der Waals surface area contributed by atoms with Gasteiger partial charge < -0.3 is 10.2 Å². The lowest BCUT2D eigenvalue weighted by molar-refractivity contribution is 0.0737. The summed E-state index contributed by atoms with van der Waals surface area (Å²) in [6, 6.07) is 6.49. The predicted molar refractivity (Wildman–Crippen MR) is 78.9 cm³/mol. The van der Waals surface area contributed by atoms with Gasteiger partial charge in [-0.2, -0.15) is 0 Å². The van der Waals surface area contributed by atoms with E-state index in [1.807, 2.05) is 6.07 Å². The van der Waals surface area contributed by atoms with Gasteiger partial charge in [0.05, 0.1) is 12.7 Å². The Labute approximate surface area is 127 Å². The van der Waals surface area contributed by atoms with Gasteiger partial charge >= 0.3 is 0 Å². The van der Waals surface area contributed by atoms with E-state index in [1.165, 1.54) is 12.1 Å². The lowest BCUT2D eigenvalue weighted by Gasteiger charge is -2.22. The van der Waals surface area contributed by atoms with Crippen molar-refractivity contribution in [2.75, 3.05) is 20.1 Å². The number of nitrogens with one attached hydrogen (secondary N) is 1. The van der Waals surface area contributed by atoms with E-state index in [1.54, 1.807) is 28.9 Å². The van der Waals surface area contributed by atoms with E-state index in [9.17, 15) is 9.18 Å². The highest BCUT2D eigenvalue weighted by Crippen LogP contribution is 2.11. The van der Waals surface area contributed by atoms with Crippen LogP contribution in [0.15, 0.2) is 30.5 Å². The van der Waals surface area contributed by atoms with E-state index < -0.39 is 0 Å². The third-order valence-electron chi connectivity index (χ3n) is 3.89. The Kier molecular flexibility index (Phi) is 4.15. The summed E-state index contributed by atoms with van der Waals surface area (Å²) in [5.74, 6) is -0.429. The second-order valence-corrected chi connectivity index (χ2v) is 5.49. The molecule has 3 rings (SSSR count). The number of amides is 1. The molecule has 1 N–H and O–H groups in total. The molecule has 1 atom stereocenters. The minimum absolute atomic E-state index is 0.140. The molecule has 1 saturated heterocycles. The van der Waals surface area contributed by atoms with E-state index in [2.05, 4.69) is 15.6 Å². The Morgan fingerprint density at radius 3 is 3.14 bits per heavy atom. The number of carbonyl (C=O) groups is 1. The predicted octanol–water partition coefficient (Wildman–Crippen LogP) is 0.899. The number of hydrogen-bond acceptors (Lipinski definition) is 4. The average molecular weight is 303 g/mol. The van der Waals surface area contributed by atoms with Crippen LogP contribution in [0.3, 0.4) is 0 Å². The molecular weight excluding hydrogens is 285 g/mol. The summed E-state index contributed by atoms with van der Waals surface area (Å²) >= 11 is 0. The topological polar surface area (TPSA) is 63.1 Å². The molecule has 1 aliphatic heterocycles. The van der Waals surface area contributed by atoms with Crippen molar-refractivity contribution >= 4 is 5.91 Å². The molecule has 2 aromatic rings. The van der Waals surface area contributed by atoms with Crippen LogP contribution in [0.1, 0.15) is 22.5 Å². The SMILES string of the molecule is CN(C(=O)c1cn(Cc2cccc(F)c2)nn1)[C@@H]1CCNC1. The first-order valence-corrected chi connectivity index (χ1v) is 7.26. The van der Waals surface area contributed by atoms with Gasteiger partial charge in [0.2, 0.25) is 0 Å². The molecule has 0 aliphatic carbocycles. The lowest BCUT2D eigenvalue weighted by atomic mass is 10.2. The van der Waals surface area contributed by atoms with Crippen LogP contribution < -0.4 is 5.32 Å². The average Bonchev–Trinajstić information content (AvgIpc) is 3.17. The van der Waals surface area contributed by atoms with Crippen molar-refractivity contribution in [3.05, 3.63) is 47.5 Å². The van der Waals surface area contributed by atoms with Crippen LogP contribution >= 0.6 is 0 Å². The van der Waals surface area contributed by atoms with Gasteiger partial charge in [0, 0.05) is 19.6 Å². The number of likely N-dealkylation sites (N-methyl/N-ethyl adjacent to an activating group) is 1. The van der Waals surface area contributed by atoms with Crippen LogP contribution in [0.2, 0.25) is 0 Å². The van der Waals surface area contributed by atoms with Gasteiger partial charge in [0.1, 0.15) is 5.82 Å². The fourth-order valence-corrected chi connectivity index (χ4v) is 2.61. The molecule has 1 aromatic heterocycles. The second kappa shape index (κ2) is 6.23. The molecule has 1 aliphatic rings. The van der Waals surface area contributed by atoms with Gasteiger partial charge in [-0.15, -0.1) is 5.10 Å². The number of halogens is 1. The zero-order valence-electron chi connectivity index (χ0n) is 12.4. The maximum Gasteiger partial charge on any atom is 0.276 e. The first kappa shape index (κ1) is 14.6. The molecule has 22 heavy (non-hydrogen) atoms. The van der Waals surface area contributed by atoms with Crippen molar-refractivity contribution in [1.82, 2.24) is 25.2 Å². The van der Waals surface area contributed by atoms with Crippen molar-refractivity contribution in [1.29, 1.82) is 0 Å². The van der Waals surface area contributed by atoms with Gasteiger partial charge in [-0.25, -0.2) is 9.07 Å². The summed E-state index contributed by atoms with van der Waals surface area (Å²) in [5.41, 5.74) is 1.09. The highest BCUT2D eigenvalue weighted by molar-refractivity contribution is 5.92. The van der Waals surface area contributed by atoms with Gasteiger partial charge in [-0.1, -0.05) is 17.3 Å². The standard InChI is InChI=1S/C15H18FN5O/c1-20(13-5-6-17-8-13)15(22)14-10-21(19-18-14)9-11-3-2-4-12(16)7-11/h2-4,7,10,13,17H,5-6,8-9H2,1H3/t13-/m1/s1. The van der Waals surface area contributed by atoms with Crippen LogP contribution in [-0.4, -0.2) is 52.0 Å². The number of nitrogens with zero attached hydrogens (tertiary/aromatic N) is 4. The number of rotatable bonds is 4. The normalized spacial score (nSPS) is 17.6. The second-order valence-electron chi connectivity index (χ2n) is 5.49. The van der Waals surface area contributed by atoms with Crippen molar-refractivity contribution in [3.8, 4) is 0 Å². The Balaban J connectivity index is 1.69. The summed E-state index contributed by atoms with van der Waals surface area (Å²) in [6.45, 7) is 2.11.